The van der Waals surface area contributed by atoms with Crippen molar-refractivity contribution in [1.29, 1.82) is 0 Å². The standard InChI is InChI=1S/C7H14N4O3/c1-2-3-7(5(13)14,10-4-12)11-6(8)9/h4H,2-3H2,1H3,(H,10,12)(H,13,14)(H4,8,9,11). The first kappa shape index (κ1) is 12.2. The SMILES string of the molecule is CCCC(N=C(N)N)(NC=O)C(=O)O. The second-order valence-corrected chi connectivity index (χ2v) is 2.71. The van der Waals surface area contributed by atoms with Crippen molar-refractivity contribution in [3.8, 4) is 0 Å². The van der Waals surface area contributed by atoms with Crippen molar-refractivity contribution in [2.45, 2.75) is 25.4 Å². The van der Waals surface area contributed by atoms with E-state index >= 15 is 0 Å². The minimum atomic E-state index is -1.74. The third-order valence-electron chi connectivity index (χ3n) is 1.58. The molecule has 0 saturated heterocycles. The van der Waals surface area contributed by atoms with E-state index in [0.29, 0.717) is 6.42 Å². The Balaban J connectivity index is 5.02. The van der Waals surface area contributed by atoms with Crippen LogP contribution in [0.4, 0.5) is 0 Å². The Morgan fingerprint density at radius 3 is 2.50 bits per heavy atom. The maximum Gasteiger partial charge on any atom is 0.352 e. The first-order valence-corrected chi connectivity index (χ1v) is 4.04. The maximum atomic E-state index is 10.9. The summed E-state index contributed by atoms with van der Waals surface area (Å²) in [6.07, 6.45) is 0.902. The zero-order chi connectivity index (χ0) is 11.2. The molecule has 0 aliphatic carbocycles. The molecule has 7 nitrogen and oxygen atoms in total. The minimum absolute atomic E-state index is 0.124. The average molecular weight is 202 g/mol. The van der Waals surface area contributed by atoms with Crippen LogP contribution in [-0.2, 0) is 9.59 Å². The summed E-state index contributed by atoms with van der Waals surface area (Å²) in [5.41, 5.74) is 8.43. The van der Waals surface area contributed by atoms with Crippen LogP contribution in [0.2, 0.25) is 0 Å². The van der Waals surface area contributed by atoms with Crippen LogP contribution in [0.1, 0.15) is 19.8 Å². The van der Waals surface area contributed by atoms with Crippen LogP contribution >= 0.6 is 0 Å². The lowest BCUT2D eigenvalue weighted by Gasteiger charge is -2.23. The molecule has 0 aliphatic heterocycles. The molecular weight excluding hydrogens is 188 g/mol. The molecule has 14 heavy (non-hydrogen) atoms. The third kappa shape index (κ3) is 2.92. The lowest BCUT2D eigenvalue weighted by molar-refractivity contribution is -0.146. The second kappa shape index (κ2) is 5.05. The molecular formula is C7H14N4O3. The van der Waals surface area contributed by atoms with E-state index in [1.54, 1.807) is 6.92 Å². The van der Waals surface area contributed by atoms with Crippen LogP contribution in [0, 0.1) is 0 Å². The molecule has 0 aliphatic rings. The Morgan fingerprint density at radius 1 is 1.64 bits per heavy atom. The number of aliphatic imine (C=N–C) groups is 1. The van der Waals surface area contributed by atoms with Gasteiger partial charge in [0.05, 0.1) is 0 Å². The molecule has 0 spiro atoms. The van der Waals surface area contributed by atoms with Gasteiger partial charge in [0.25, 0.3) is 0 Å². The topological polar surface area (TPSA) is 131 Å². The molecule has 0 bridgehead atoms. The van der Waals surface area contributed by atoms with Crippen LogP contribution < -0.4 is 16.8 Å². The minimum Gasteiger partial charge on any atom is -0.478 e. The lowest BCUT2D eigenvalue weighted by Crippen LogP contribution is -2.51. The Hall–Kier alpha value is -1.79. The predicted molar refractivity (Wildman–Crippen MR) is 50.3 cm³/mol. The zero-order valence-electron chi connectivity index (χ0n) is 7.86. The molecule has 0 aromatic carbocycles. The lowest BCUT2D eigenvalue weighted by atomic mass is 10.1. The summed E-state index contributed by atoms with van der Waals surface area (Å²) in [5, 5.41) is 11.0. The van der Waals surface area contributed by atoms with Crippen LogP contribution in [0.15, 0.2) is 4.99 Å². The van der Waals surface area contributed by atoms with Gasteiger partial charge in [-0.1, -0.05) is 13.3 Å². The summed E-state index contributed by atoms with van der Waals surface area (Å²) < 4.78 is 0. The third-order valence-corrected chi connectivity index (χ3v) is 1.58. The molecule has 80 valence electrons. The molecule has 0 rings (SSSR count). The monoisotopic (exact) mass is 202 g/mol. The molecule has 0 radical (unpaired) electrons. The maximum absolute atomic E-state index is 10.9. The largest absolute Gasteiger partial charge is 0.478 e. The van der Waals surface area contributed by atoms with Crippen LogP contribution in [0.5, 0.6) is 0 Å². The van der Waals surface area contributed by atoms with Crippen LogP contribution in [0.25, 0.3) is 0 Å². The summed E-state index contributed by atoms with van der Waals surface area (Å²) in [5.74, 6) is -1.67. The number of carboxylic acids is 1. The Labute approximate surface area is 81.2 Å². The van der Waals surface area contributed by atoms with Crippen molar-refractivity contribution in [1.82, 2.24) is 5.32 Å². The molecule has 7 heteroatoms. The molecule has 0 saturated carbocycles. The number of hydrogen-bond acceptors (Lipinski definition) is 3. The molecule has 1 unspecified atom stereocenters. The molecule has 1 amide bonds. The Morgan fingerprint density at radius 2 is 2.21 bits per heavy atom. The van der Waals surface area contributed by atoms with Gasteiger partial charge in [-0.25, -0.2) is 9.79 Å². The fraction of sp³-hybridized carbons (Fsp3) is 0.571. The van der Waals surface area contributed by atoms with Gasteiger partial charge in [-0.05, 0) is 0 Å². The van der Waals surface area contributed by atoms with E-state index in [4.69, 9.17) is 16.6 Å². The van der Waals surface area contributed by atoms with Gasteiger partial charge in [-0.15, -0.1) is 0 Å². The first-order chi connectivity index (χ1) is 6.48. The van der Waals surface area contributed by atoms with E-state index in [-0.39, 0.29) is 18.8 Å². The molecule has 0 fully saturated rings. The number of carbonyl (C=O) groups is 2. The fourth-order valence-electron chi connectivity index (χ4n) is 1.06. The highest BCUT2D eigenvalue weighted by Crippen LogP contribution is 2.14. The van der Waals surface area contributed by atoms with Gasteiger partial charge in [-0.2, -0.15) is 0 Å². The van der Waals surface area contributed by atoms with Gasteiger partial charge < -0.3 is 21.9 Å². The van der Waals surface area contributed by atoms with Gasteiger partial charge >= 0.3 is 5.97 Å². The summed E-state index contributed by atoms with van der Waals surface area (Å²) in [6.45, 7) is 1.76. The van der Waals surface area contributed by atoms with E-state index in [1.165, 1.54) is 0 Å². The van der Waals surface area contributed by atoms with Crippen molar-refractivity contribution in [2.75, 3.05) is 0 Å². The number of hydrogen-bond donors (Lipinski definition) is 4. The number of nitrogens with zero attached hydrogens (tertiary/aromatic N) is 1. The first-order valence-electron chi connectivity index (χ1n) is 4.04. The van der Waals surface area contributed by atoms with Crippen LogP contribution in [-0.4, -0.2) is 29.1 Å². The summed E-state index contributed by atoms with van der Waals surface area (Å²) in [7, 11) is 0. The number of nitrogens with two attached hydrogens (primary N) is 2. The van der Waals surface area contributed by atoms with Gasteiger partial charge in [0.2, 0.25) is 12.1 Å². The normalized spacial score (nSPS) is 13.8. The number of carboxylic acid groups (broad SMARTS) is 1. The number of rotatable bonds is 6. The smallest absolute Gasteiger partial charge is 0.352 e. The molecule has 0 aromatic heterocycles. The van der Waals surface area contributed by atoms with Crippen LogP contribution in [0.3, 0.4) is 0 Å². The molecule has 0 aromatic rings. The van der Waals surface area contributed by atoms with E-state index < -0.39 is 11.6 Å². The quantitative estimate of drug-likeness (QED) is 0.238. The van der Waals surface area contributed by atoms with Gasteiger partial charge in [0.1, 0.15) is 0 Å². The number of nitrogens with one attached hydrogen (secondary N) is 1. The Kier molecular flexibility index (Phi) is 4.41. The van der Waals surface area contributed by atoms with E-state index in [1.807, 2.05) is 0 Å². The molecule has 0 heterocycles. The zero-order valence-corrected chi connectivity index (χ0v) is 7.86. The van der Waals surface area contributed by atoms with Crippen molar-refractivity contribution in [2.24, 2.45) is 16.5 Å². The second-order valence-electron chi connectivity index (χ2n) is 2.71. The number of guanidine groups is 1. The summed E-state index contributed by atoms with van der Waals surface area (Å²) in [6, 6.07) is 0. The molecule has 6 N–H and O–H groups in total. The van der Waals surface area contributed by atoms with E-state index in [0.717, 1.165) is 0 Å². The fourth-order valence-corrected chi connectivity index (χ4v) is 1.06. The highest BCUT2D eigenvalue weighted by atomic mass is 16.4. The summed E-state index contributed by atoms with van der Waals surface area (Å²) >= 11 is 0. The average Bonchev–Trinajstić information content (AvgIpc) is 2.03. The Bertz CT molecular complexity index is 249. The number of aliphatic carboxylic acids is 1. The van der Waals surface area contributed by atoms with E-state index in [9.17, 15) is 9.59 Å². The van der Waals surface area contributed by atoms with Gasteiger partial charge in [-0.3, -0.25) is 4.79 Å². The van der Waals surface area contributed by atoms with Crippen molar-refractivity contribution in [3.05, 3.63) is 0 Å². The number of carbonyl (C=O) groups excluding carboxylic acids is 1. The van der Waals surface area contributed by atoms with Gasteiger partial charge in [0, 0.05) is 6.42 Å². The highest BCUT2D eigenvalue weighted by Gasteiger charge is 2.37. The predicted octanol–water partition coefficient (Wildman–Crippen LogP) is -1.41. The van der Waals surface area contributed by atoms with Gasteiger partial charge in [0.15, 0.2) is 5.96 Å². The highest BCUT2D eigenvalue weighted by molar-refractivity contribution is 5.86. The van der Waals surface area contributed by atoms with Crippen molar-refractivity contribution < 1.29 is 14.7 Å². The van der Waals surface area contributed by atoms with Crippen molar-refractivity contribution in [3.63, 3.8) is 0 Å². The molecule has 1 atom stereocenters. The van der Waals surface area contributed by atoms with E-state index in [2.05, 4.69) is 10.3 Å². The van der Waals surface area contributed by atoms with Crippen molar-refractivity contribution >= 4 is 18.3 Å². The number of amides is 1. The summed E-state index contributed by atoms with van der Waals surface area (Å²) in [4.78, 5) is 24.7.